The highest BCUT2D eigenvalue weighted by atomic mass is 16.6. The second kappa shape index (κ2) is 7.93. The molecule has 0 radical (unpaired) electrons. The summed E-state index contributed by atoms with van der Waals surface area (Å²) in [6, 6.07) is 4.62. The molecule has 0 aliphatic carbocycles. The number of carbonyl (C=O) groups excluding carboxylic acids is 1. The van der Waals surface area contributed by atoms with Gasteiger partial charge in [0, 0.05) is 18.2 Å². The minimum atomic E-state index is -0.568. The summed E-state index contributed by atoms with van der Waals surface area (Å²) in [6.45, 7) is 6.76. The molecule has 1 heterocycles. The lowest BCUT2D eigenvalue weighted by atomic mass is 9.97. The number of nitrogens with zero attached hydrogens (tertiary/aromatic N) is 1. The quantitative estimate of drug-likeness (QED) is 0.895. The Balaban J connectivity index is 2.26. The Morgan fingerprint density at radius 2 is 2.04 bits per heavy atom. The number of methoxy groups -OCH3 is 2. The fraction of sp³-hybridized carbons (Fsp3) is 0.611. The fourth-order valence-corrected chi connectivity index (χ4v) is 2.77. The van der Waals surface area contributed by atoms with Gasteiger partial charge < -0.3 is 24.7 Å². The van der Waals surface area contributed by atoms with Crippen LogP contribution in [0.2, 0.25) is 0 Å². The monoisotopic (exact) mass is 352 g/mol. The normalized spacial score (nSPS) is 19.3. The van der Waals surface area contributed by atoms with Crippen LogP contribution in [0, 0.1) is 0 Å². The molecule has 2 atom stereocenters. The van der Waals surface area contributed by atoms with Crippen molar-refractivity contribution in [2.75, 3.05) is 34.0 Å². The Kier molecular flexibility index (Phi) is 6.13. The molecule has 0 aromatic heterocycles. The molecule has 1 amide bonds. The van der Waals surface area contributed by atoms with E-state index in [1.54, 1.807) is 25.2 Å². The number of amides is 1. The summed E-state index contributed by atoms with van der Waals surface area (Å²) in [7, 11) is 3.17. The van der Waals surface area contributed by atoms with Crippen LogP contribution in [0.3, 0.4) is 0 Å². The molecule has 2 N–H and O–H groups in total. The third-order valence-electron chi connectivity index (χ3n) is 4.01. The van der Waals surface area contributed by atoms with E-state index in [0.29, 0.717) is 31.3 Å². The molecule has 1 fully saturated rings. The topological polar surface area (TPSA) is 83.3 Å². The highest BCUT2D eigenvalue weighted by Gasteiger charge is 2.36. The first-order valence-electron chi connectivity index (χ1n) is 8.31. The van der Waals surface area contributed by atoms with Crippen LogP contribution in [0.15, 0.2) is 18.2 Å². The molecule has 25 heavy (non-hydrogen) atoms. The third kappa shape index (κ3) is 4.76. The van der Waals surface area contributed by atoms with Gasteiger partial charge in [0.1, 0.15) is 17.1 Å². The summed E-state index contributed by atoms with van der Waals surface area (Å²) >= 11 is 0. The molecule has 1 aliphatic heterocycles. The highest BCUT2D eigenvalue weighted by Crippen LogP contribution is 2.32. The van der Waals surface area contributed by atoms with Gasteiger partial charge in [-0.25, -0.2) is 4.79 Å². The van der Waals surface area contributed by atoms with Crippen LogP contribution < -0.4 is 15.2 Å². The van der Waals surface area contributed by atoms with E-state index in [0.717, 1.165) is 5.56 Å². The van der Waals surface area contributed by atoms with E-state index >= 15 is 0 Å². The van der Waals surface area contributed by atoms with Gasteiger partial charge in [-0.15, -0.1) is 0 Å². The van der Waals surface area contributed by atoms with Crippen LogP contribution in [0.25, 0.3) is 0 Å². The van der Waals surface area contributed by atoms with Gasteiger partial charge in [0.15, 0.2) is 0 Å². The van der Waals surface area contributed by atoms with Gasteiger partial charge in [0.2, 0.25) is 0 Å². The van der Waals surface area contributed by atoms with Gasteiger partial charge in [-0.05, 0) is 32.9 Å². The zero-order chi connectivity index (χ0) is 18.6. The van der Waals surface area contributed by atoms with Crippen molar-refractivity contribution in [1.82, 2.24) is 4.90 Å². The Morgan fingerprint density at radius 1 is 1.32 bits per heavy atom. The van der Waals surface area contributed by atoms with Crippen molar-refractivity contribution in [3.63, 3.8) is 0 Å². The molecule has 7 heteroatoms. The molecule has 2 unspecified atom stereocenters. The molecule has 0 spiro atoms. The van der Waals surface area contributed by atoms with E-state index in [4.69, 9.17) is 24.7 Å². The van der Waals surface area contributed by atoms with Gasteiger partial charge in [0.05, 0.1) is 39.5 Å². The molecule has 2 rings (SSSR count). The van der Waals surface area contributed by atoms with Crippen molar-refractivity contribution < 1.29 is 23.7 Å². The van der Waals surface area contributed by atoms with E-state index in [1.807, 2.05) is 32.9 Å². The summed E-state index contributed by atoms with van der Waals surface area (Å²) < 4.78 is 21.7. The van der Waals surface area contributed by atoms with E-state index in [9.17, 15) is 4.79 Å². The Labute approximate surface area is 149 Å². The maximum absolute atomic E-state index is 12.6. The Morgan fingerprint density at radius 3 is 2.64 bits per heavy atom. The molecule has 1 aromatic rings. The summed E-state index contributed by atoms with van der Waals surface area (Å²) in [5, 5.41) is 0. The fourth-order valence-electron chi connectivity index (χ4n) is 2.77. The predicted molar refractivity (Wildman–Crippen MR) is 94.0 cm³/mol. The predicted octanol–water partition coefficient (Wildman–Crippen LogP) is 2.34. The second-order valence-electron chi connectivity index (χ2n) is 6.95. The minimum absolute atomic E-state index is 0.342. The average molecular weight is 352 g/mol. The lowest BCUT2D eigenvalue weighted by Gasteiger charge is -2.39. The lowest BCUT2D eigenvalue weighted by molar-refractivity contribution is -0.0383. The maximum Gasteiger partial charge on any atom is 0.410 e. The van der Waals surface area contributed by atoms with E-state index in [2.05, 4.69) is 0 Å². The van der Waals surface area contributed by atoms with Gasteiger partial charge in [-0.1, -0.05) is 0 Å². The number of ether oxygens (including phenoxy) is 4. The summed E-state index contributed by atoms with van der Waals surface area (Å²) in [5.74, 6) is 1.29. The second-order valence-corrected chi connectivity index (χ2v) is 6.95. The van der Waals surface area contributed by atoms with Crippen LogP contribution in [0.1, 0.15) is 32.4 Å². The lowest BCUT2D eigenvalue weighted by Crippen LogP contribution is -2.54. The highest BCUT2D eigenvalue weighted by molar-refractivity contribution is 5.69. The number of rotatable bonds is 4. The van der Waals surface area contributed by atoms with E-state index in [1.165, 1.54) is 0 Å². The zero-order valence-electron chi connectivity index (χ0n) is 15.6. The number of hydrogen-bond acceptors (Lipinski definition) is 6. The molecule has 0 saturated carbocycles. The molecule has 7 nitrogen and oxygen atoms in total. The third-order valence-corrected chi connectivity index (χ3v) is 4.01. The van der Waals surface area contributed by atoms with Gasteiger partial charge in [-0.3, -0.25) is 4.90 Å². The molecule has 1 aromatic carbocycles. The standard InChI is InChI=1S/C18H28N2O5/c1-18(2,3)25-17(21)20-8-9-24-11-14(20)16(19)13-7-6-12(22-4)10-15(13)23-5/h6-7,10,14,16H,8-9,11,19H2,1-5H3. The first-order chi connectivity index (χ1) is 11.8. The number of morpholine rings is 1. The Hall–Kier alpha value is -1.99. The van der Waals surface area contributed by atoms with Crippen molar-refractivity contribution in [3.05, 3.63) is 23.8 Å². The molecule has 1 saturated heterocycles. The average Bonchev–Trinajstić information content (AvgIpc) is 2.59. The van der Waals surface area contributed by atoms with Crippen LogP contribution in [0.4, 0.5) is 4.79 Å². The van der Waals surface area contributed by atoms with Crippen LogP contribution in [0.5, 0.6) is 11.5 Å². The van der Waals surface area contributed by atoms with Gasteiger partial charge >= 0.3 is 6.09 Å². The van der Waals surface area contributed by atoms with E-state index in [-0.39, 0.29) is 12.1 Å². The van der Waals surface area contributed by atoms with Gasteiger partial charge in [-0.2, -0.15) is 0 Å². The molecular weight excluding hydrogens is 324 g/mol. The number of hydrogen-bond donors (Lipinski definition) is 1. The van der Waals surface area contributed by atoms with Crippen LogP contribution >= 0.6 is 0 Å². The summed E-state index contributed by atoms with van der Waals surface area (Å²) in [6.07, 6.45) is -0.385. The smallest absolute Gasteiger partial charge is 0.410 e. The Bertz CT molecular complexity index is 600. The van der Waals surface area contributed by atoms with E-state index < -0.39 is 11.6 Å². The van der Waals surface area contributed by atoms with Crippen molar-refractivity contribution in [2.45, 2.75) is 38.5 Å². The number of nitrogens with two attached hydrogens (primary N) is 1. The molecule has 140 valence electrons. The summed E-state index contributed by atoms with van der Waals surface area (Å²) in [5.41, 5.74) is 6.70. The zero-order valence-corrected chi connectivity index (χ0v) is 15.6. The van der Waals surface area contributed by atoms with Crippen molar-refractivity contribution in [2.24, 2.45) is 5.73 Å². The first-order valence-corrected chi connectivity index (χ1v) is 8.31. The molecule has 1 aliphatic rings. The van der Waals surface area contributed by atoms with Crippen molar-refractivity contribution >= 4 is 6.09 Å². The minimum Gasteiger partial charge on any atom is -0.497 e. The number of benzene rings is 1. The molecular formula is C18H28N2O5. The van der Waals surface area contributed by atoms with Gasteiger partial charge in [0.25, 0.3) is 0 Å². The SMILES string of the molecule is COc1ccc(C(N)C2COCCN2C(=O)OC(C)(C)C)c(OC)c1. The summed E-state index contributed by atoms with van der Waals surface area (Å²) in [4.78, 5) is 14.2. The van der Waals surface area contributed by atoms with Crippen LogP contribution in [-0.4, -0.2) is 56.6 Å². The maximum atomic E-state index is 12.6. The first kappa shape index (κ1) is 19.3. The van der Waals surface area contributed by atoms with Crippen molar-refractivity contribution in [3.8, 4) is 11.5 Å². The largest absolute Gasteiger partial charge is 0.497 e. The molecule has 0 bridgehead atoms. The van der Waals surface area contributed by atoms with Crippen LogP contribution in [-0.2, 0) is 9.47 Å². The number of carbonyl (C=O) groups is 1. The van der Waals surface area contributed by atoms with Crippen molar-refractivity contribution in [1.29, 1.82) is 0 Å².